The molecule has 0 bridgehead atoms. The van der Waals surface area contributed by atoms with Crippen LogP contribution in [0.15, 0.2) is 146 Å². The molecule has 0 aliphatic carbocycles. The number of esters is 4. The predicted molar refractivity (Wildman–Crippen MR) is 417 cm³/mol. The number of carbonyl (C=O) groups is 4. The zero-order chi connectivity index (χ0) is 74.6. The lowest BCUT2D eigenvalue weighted by Crippen LogP contribution is -2.30. The van der Waals surface area contributed by atoms with Crippen LogP contribution in [0.1, 0.15) is 297 Å². The van der Waals surface area contributed by atoms with Crippen molar-refractivity contribution >= 4 is 39.5 Å². The first-order valence-corrected chi connectivity index (χ1v) is 42.1. The highest BCUT2D eigenvalue weighted by molar-refractivity contribution is 7.47. The van der Waals surface area contributed by atoms with Crippen molar-refractivity contribution in [2.75, 3.05) is 39.6 Å². The Morgan fingerprint density at radius 1 is 0.284 bits per heavy atom. The van der Waals surface area contributed by atoms with E-state index >= 15 is 0 Å². The molecule has 19 heteroatoms. The lowest BCUT2D eigenvalue weighted by atomic mass is 10.0. The lowest BCUT2D eigenvalue weighted by molar-refractivity contribution is -0.161. The Morgan fingerprint density at radius 2 is 0.529 bits per heavy atom. The topological polar surface area (TPSA) is 237 Å². The van der Waals surface area contributed by atoms with Gasteiger partial charge in [0.2, 0.25) is 0 Å². The molecule has 0 amide bonds. The molecule has 0 radical (unpaired) electrons. The number of aliphatic hydroxyl groups excluding tert-OH is 1. The maximum Gasteiger partial charge on any atom is 0.472 e. The molecular weight excluding hydrogens is 1330 g/mol. The van der Waals surface area contributed by atoms with Crippen LogP contribution < -0.4 is 0 Å². The summed E-state index contributed by atoms with van der Waals surface area (Å²) in [6.45, 7) is 4.47. The van der Waals surface area contributed by atoms with Crippen molar-refractivity contribution in [3.63, 3.8) is 0 Å². The number of hydrogen-bond acceptors (Lipinski definition) is 15. The van der Waals surface area contributed by atoms with Gasteiger partial charge in [-0.2, -0.15) is 0 Å². The summed E-state index contributed by atoms with van der Waals surface area (Å²) in [4.78, 5) is 72.9. The first kappa shape index (κ1) is 96.9. The van der Waals surface area contributed by atoms with Crippen molar-refractivity contribution < 1.29 is 80.2 Å². The Morgan fingerprint density at radius 3 is 0.882 bits per heavy atom. The maximum absolute atomic E-state index is 13.1. The van der Waals surface area contributed by atoms with Crippen molar-refractivity contribution in [1.29, 1.82) is 0 Å². The zero-order valence-electron chi connectivity index (χ0n) is 63.5. The summed E-state index contributed by atoms with van der Waals surface area (Å²) in [5.41, 5.74) is 0. The van der Waals surface area contributed by atoms with Crippen LogP contribution in [0.4, 0.5) is 0 Å². The molecule has 5 atom stereocenters. The second-order valence-corrected chi connectivity index (χ2v) is 28.4. The van der Waals surface area contributed by atoms with Gasteiger partial charge < -0.3 is 33.8 Å². The molecule has 17 nitrogen and oxygen atoms in total. The van der Waals surface area contributed by atoms with E-state index < -0.39 is 97.5 Å². The third-order valence-electron chi connectivity index (χ3n) is 15.8. The van der Waals surface area contributed by atoms with Crippen molar-refractivity contribution in [3.8, 4) is 0 Å². The van der Waals surface area contributed by atoms with Crippen LogP contribution in [0.2, 0.25) is 0 Å². The molecule has 0 rings (SSSR count). The largest absolute Gasteiger partial charge is 0.472 e. The maximum atomic E-state index is 13.1. The van der Waals surface area contributed by atoms with Gasteiger partial charge in [-0.3, -0.25) is 37.3 Å². The van der Waals surface area contributed by atoms with E-state index in [0.717, 1.165) is 135 Å². The number of carbonyl (C=O) groups excluding carboxylic acids is 4. The summed E-state index contributed by atoms with van der Waals surface area (Å²) in [7, 11) is -10.00. The molecule has 582 valence electrons. The van der Waals surface area contributed by atoms with E-state index in [4.69, 9.17) is 37.0 Å². The number of ether oxygens (including phenoxy) is 4. The minimum absolute atomic E-state index is 0.0224. The molecule has 5 unspecified atom stereocenters. The van der Waals surface area contributed by atoms with E-state index in [2.05, 4.69) is 155 Å². The van der Waals surface area contributed by atoms with Gasteiger partial charge in [-0.15, -0.1) is 0 Å². The number of allylic oxidation sites excluding steroid dienone is 24. The highest BCUT2D eigenvalue weighted by atomic mass is 31.2. The Labute approximate surface area is 617 Å². The van der Waals surface area contributed by atoms with Gasteiger partial charge in [-0.1, -0.05) is 283 Å². The number of hydrogen-bond donors (Lipinski definition) is 3. The van der Waals surface area contributed by atoms with Crippen LogP contribution in [-0.2, 0) is 65.4 Å². The van der Waals surface area contributed by atoms with Gasteiger partial charge in [0.05, 0.1) is 26.4 Å². The van der Waals surface area contributed by atoms with Crippen molar-refractivity contribution in [2.24, 2.45) is 0 Å². The number of aliphatic hydroxyl groups is 1. The van der Waals surface area contributed by atoms with Gasteiger partial charge in [0.25, 0.3) is 0 Å². The number of unbranched alkanes of at least 4 members (excludes halogenated alkanes) is 22. The summed E-state index contributed by atoms with van der Waals surface area (Å²) in [5, 5.41) is 10.6. The lowest BCUT2D eigenvalue weighted by Gasteiger charge is -2.21. The minimum atomic E-state index is -5.01. The van der Waals surface area contributed by atoms with Gasteiger partial charge in [0.15, 0.2) is 12.2 Å². The Balaban J connectivity index is 5.46. The molecule has 0 spiro atoms. The van der Waals surface area contributed by atoms with E-state index in [9.17, 15) is 43.2 Å². The average molecular weight is 1470 g/mol. The summed E-state index contributed by atoms with van der Waals surface area (Å²) in [5.74, 6) is -2.34. The van der Waals surface area contributed by atoms with E-state index in [0.29, 0.717) is 38.5 Å². The van der Waals surface area contributed by atoms with Gasteiger partial charge in [0.1, 0.15) is 19.3 Å². The van der Waals surface area contributed by atoms with Crippen molar-refractivity contribution in [2.45, 2.75) is 316 Å². The predicted octanol–water partition coefficient (Wildman–Crippen LogP) is 22.7. The second kappa shape index (κ2) is 74.2. The Bertz CT molecular complexity index is 2510. The number of rotatable bonds is 72. The number of phosphoric acid groups is 2. The van der Waals surface area contributed by atoms with Crippen LogP contribution >= 0.6 is 15.6 Å². The monoisotopic (exact) mass is 1470 g/mol. The highest BCUT2D eigenvalue weighted by Gasteiger charge is 2.30. The summed E-state index contributed by atoms with van der Waals surface area (Å²) in [6, 6.07) is 0. The fourth-order valence-corrected chi connectivity index (χ4v) is 11.5. The van der Waals surface area contributed by atoms with E-state index in [1.54, 1.807) is 0 Å². The van der Waals surface area contributed by atoms with E-state index in [1.165, 1.54) is 70.6 Å². The molecule has 0 aromatic heterocycles. The molecule has 0 saturated carbocycles. The van der Waals surface area contributed by atoms with Crippen LogP contribution in [0.5, 0.6) is 0 Å². The summed E-state index contributed by atoms with van der Waals surface area (Å²) >= 11 is 0. The number of phosphoric ester groups is 2. The molecule has 0 aliphatic rings. The minimum Gasteiger partial charge on any atom is -0.462 e. The quantitative estimate of drug-likeness (QED) is 0.0169. The fourth-order valence-electron chi connectivity index (χ4n) is 9.91. The second-order valence-electron chi connectivity index (χ2n) is 25.5. The highest BCUT2D eigenvalue weighted by Crippen LogP contribution is 2.45. The average Bonchev–Trinajstić information content (AvgIpc) is 0.924. The molecule has 3 N–H and O–H groups in total. The molecule has 0 aromatic carbocycles. The molecule has 0 aromatic rings. The van der Waals surface area contributed by atoms with Crippen LogP contribution in [0.25, 0.3) is 0 Å². The summed E-state index contributed by atoms with van der Waals surface area (Å²) < 4.78 is 68.4. The van der Waals surface area contributed by atoms with E-state index in [-0.39, 0.29) is 25.7 Å². The van der Waals surface area contributed by atoms with Gasteiger partial charge >= 0.3 is 39.5 Å². The first-order valence-electron chi connectivity index (χ1n) is 39.1. The van der Waals surface area contributed by atoms with Crippen molar-refractivity contribution in [1.82, 2.24) is 0 Å². The SMILES string of the molecule is CC/C=C\C/C=C\C/C=C\C/C=C\C/C=C\C/C=C\CCC(=O)OCC(COP(=O)(O)OCC(O)COP(=O)(O)OCC(COC(=O)CCCCCCC/C=C\C/C=C\CCCCC)OC(=O)CCCCCCCCCCCCCCC)OC(=O)CCCC/C=C\C/C=C\C/C=C\C/C=C\CC. The first-order chi connectivity index (χ1) is 49.7. The molecule has 0 fully saturated rings. The molecule has 0 aliphatic heterocycles. The smallest absolute Gasteiger partial charge is 0.462 e. The summed E-state index contributed by atoms with van der Waals surface area (Å²) in [6.07, 6.45) is 84.2. The molecule has 0 saturated heterocycles. The molecular formula is C83H138O17P2. The van der Waals surface area contributed by atoms with Gasteiger partial charge in [-0.25, -0.2) is 9.13 Å². The van der Waals surface area contributed by atoms with Crippen LogP contribution in [0.3, 0.4) is 0 Å². The Kier molecular flexibility index (Phi) is 70.5. The Hall–Kier alpha value is -5.06. The van der Waals surface area contributed by atoms with E-state index in [1.807, 2.05) is 18.2 Å². The standard InChI is InChI=1S/C83H138O17P2/c1-5-9-13-17-21-25-29-33-36-37-38-39-42-45-48-52-56-60-64-68-81(86)94-74-79(100-83(88)70-66-62-58-54-50-46-41-35-31-27-23-19-15-11-7-3)76-98-102(91,92)96-72-77(84)71-95-101(89,90)97-75-78(99-82(87)69-65-61-57-53-49-43-32-28-24-20-16-12-8-4)73-93-80(85)67-63-59-55-51-47-44-40-34-30-26-22-18-14-10-6-2/h9,11,13,15,21-23,25-27,33-36,38-41,45,48,50,54,56,60,77-79,84H,5-8,10,12,14,16-20,24,28-32,37,42-44,46-47,49,51-53,55,57-59,61-76H2,1-4H3,(H,89,90)(H,91,92)/b13-9-,15-11-,25-21-,26-22-,27-23-,36-33-,39-38-,40-34-,41-35-,48-45-,54-50-,60-56-. The zero-order valence-corrected chi connectivity index (χ0v) is 65.3. The molecule has 0 heterocycles. The third-order valence-corrected chi connectivity index (χ3v) is 17.7. The normalized spacial score (nSPS) is 14.7. The van der Waals surface area contributed by atoms with Crippen LogP contribution in [-0.4, -0.2) is 96.7 Å². The van der Waals surface area contributed by atoms with Gasteiger partial charge in [-0.05, 0) is 135 Å². The third kappa shape index (κ3) is 73.3. The van der Waals surface area contributed by atoms with Crippen LogP contribution in [0, 0.1) is 0 Å². The molecule has 102 heavy (non-hydrogen) atoms. The van der Waals surface area contributed by atoms with Gasteiger partial charge in [0, 0.05) is 25.7 Å². The van der Waals surface area contributed by atoms with Crippen molar-refractivity contribution in [3.05, 3.63) is 146 Å². The fraction of sp³-hybridized carbons (Fsp3) is 0.663.